The van der Waals surface area contributed by atoms with Crippen LogP contribution in [0.1, 0.15) is 22.5 Å². The molecule has 0 saturated carbocycles. The van der Waals surface area contributed by atoms with Gasteiger partial charge in [0.05, 0.1) is 0 Å². The van der Waals surface area contributed by atoms with Crippen LogP contribution in [0.15, 0.2) is 36.7 Å². The van der Waals surface area contributed by atoms with E-state index in [0.717, 1.165) is 28.5 Å². The third kappa shape index (κ3) is 3.71. The molecule has 7 nitrogen and oxygen atoms in total. The summed E-state index contributed by atoms with van der Waals surface area (Å²) < 4.78 is 26.9. The quantitative estimate of drug-likeness (QED) is 0.258. The van der Waals surface area contributed by atoms with Gasteiger partial charge in [-0.3, -0.25) is 0 Å². The van der Waals surface area contributed by atoms with E-state index in [0.29, 0.717) is 35.0 Å². The molecule has 0 unspecified atom stereocenters. The van der Waals surface area contributed by atoms with Gasteiger partial charge >= 0.3 is 189 Å². The number of aromatic amines is 1. The first-order valence-corrected chi connectivity index (χ1v) is 12.7. The molecule has 9 heteroatoms. The summed E-state index contributed by atoms with van der Waals surface area (Å²) in [6.45, 7) is 0.597. The summed E-state index contributed by atoms with van der Waals surface area (Å²) in [6.07, 6.45) is 5.07. The number of ether oxygens (including phenoxy) is 2. The summed E-state index contributed by atoms with van der Waals surface area (Å²) in [6, 6.07) is 6.51. The summed E-state index contributed by atoms with van der Waals surface area (Å²) >= 11 is -0.206. The number of pyridine rings is 1. The number of anilines is 2. The zero-order chi connectivity index (χ0) is 21.4. The SMILES string of the molecule is COc1c(F)cccc1Nc1c2[nH]c3c1C(=O)N[C@@H](C3)[I-]CCCOc1cnccc1-2. The fraction of sp³-hybridized carbons (Fsp3) is 0.273. The Morgan fingerprint density at radius 1 is 1.35 bits per heavy atom. The molecule has 1 aromatic carbocycles. The van der Waals surface area contributed by atoms with Crippen LogP contribution in [0.3, 0.4) is 0 Å². The fourth-order valence-corrected chi connectivity index (χ4v) is 6.68. The van der Waals surface area contributed by atoms with E-state index in [2.05, 4.69) is 20.6 Å². The zero-order valence-corrected chi connectivity index (χ0v) is 19.0. The Labute approximate surface area is 189 Å². The third-order valence-electron chi connectivity index (χ3n) is 5.29. The van der Waals surface area contributed by atoms with Gasteiger partial charge in [0.25, 0.3) is 0 Å². The number of halogens is 2. The van der Waals surface area contributed by atoms with Gasteiger partial charge in [-0.1, -0.05) is 0 Å². The van der Waals surface area contributed by atoms with Gasteiger partial charge in [-0.25, -0.2) is 0 Å². The molecule has 31 heavy (non-hydrogen) atoms. The maximum absolute atomic E-state index is 14.3. The molecule has 2 aliphatic heterocycles. The number of nitrogens with zero attached hydrogens (tertiary/aromatic N) is 1. The van der Waals surface area contributed by atoms with Crippen LogP contribution < -0.4 is 41.3 Å². The fourth-order valence-electron chi connectivity index (χ4n) is 3.92. The van der Waals surface area contributed by atoms with E-state index < -0.39 is 5.82 Å². The van der Waals surface area contributed by atoms with E-state index in [4.69, 9.17) is 9.47 Å². The molecule has 162 valence electrons. The van der Waals surface area contributed by atoms with E-state index in [9.17, 15) is 9.18 Å². The molecule has 3 bridgehead atoms. The number of rotatable bonds is 3. The van der Waals surface area contributed by atoms with Crippen molar-refractivity contribution < 1.29 is 39.9 Å². The Morgan fingerprint density at radius 3 is 3.13 bits per heavy atom. The van der Waals surface area contributed by atoms with E-state index in [1.54, 1.807) is 24.5 Å². The first-order valence-electron chi connectivity index (χ1n) is 9.96. The molecule has 0 aliphatic carbocycles. The molecule has 0 radical (unpaired) electrons. The number of amides is 1. The van der Waals surface area contributed by atoms with Crippen LogP contribution in [0.2, 0.25) is 0 Å². The van der Waals surface area contributed by atoms with Crippen LogP contribution in [0, 0.1) is 5.82 Å². The van der Waals surface area contributed by atoms with Gasteiger partial charge in [0.2, 0.25) is 0 Å². The van der Waals surface area contributed by atoms with Gasteiger partial charge in [0.15, 0.2) is 0 Å². The number of methoxy groups -OCH3 is 1. The van der Waals surface area contributed by atoms with Crippen molar-refractivity contribution in [3.63, 3.8) is 0 Å². The average Bonchev–Trinajstić information content (AvgIpc) is 3.12. The number of hydrogen-bond donors (Lipinski definition) is 3. The predicted octanol–water partition coefficient (Wildman–Crippen LogP) is 0.452. The molecule has 2 aliphatic rings. The number of aromatic nitrogens is 2. The molecular weight excluding hydrogens is 514 g/mol. The Bertz CT molecular complexity index is 1150. The van der Waals surface area contributed by atoms with Crippen molar-refractivity contribution in [1.29, 1.82) is 0 Å². The van der Waals surface area contributed by atoms with E-state index in [1.165, 1.54) is 13.2 Å². The number of nitrogens with one attached hydrogen (secondary N) is 3. The summed E-state index contributed by atoms with van der Waals surface area (Å²) in [7, 11) is 1.42. The van der Waals surface area contributed by atoms with Crippen LogP contribution in [0.25, 0.3) is 11.3 Å². The van der Waals surface area contributed by atoms with Gasteiger partial charge in [0, 0.05) is 0 Å². The number of H-pyrrole nitrogens is 1. The van der Waals surface area contributed by atoms with Crippen LogP contribution in [0.5, 0.6) is 11.5 Å². The van der Waals surface area contributed by atoms with Crippen molar-refractivity contribution in [2.24, 2.45) is 0 Å². The zero-order valence-electron chi connectivity index (χ0n) is 16.8. The normalized spacial score (nSPS) is 17.9. The summed E-state index contributed by atoms with van der Waals surface area (Å²) in [5.74, 6) is 0.132. The molecule has 0 fully saturated rings. The second-order valence-electron chi connectivity index (χ2n) is 7.24. The van der Waals surface area contributed by atoms with Crippen molar-refractivity contribution in [1.82, 2.24) is 15.3 Å². The molecule has 3 aromatic rings. The molecule has 5 rings (SSSR count). The van der Waals surface area contributed by atoms with Gasteiger partial charge < -0.3 is 0 Å². The monoisotopic (exact) mass is 535 g/mol. The molecule has 4 heterocycles. The van der Waals surface area contributed by atoms with Gasteiger partial charge in [0.1, 0.15) is 0 Å². The molecule has 3 N–H and O–H groups in total. The Kier molecular flexibility index (Phi) is 5.43. The molecule has 1 amide bonds. The Morgan fingerprint density at radius 2 is 2.26 bits per heavy atom. The van der Waals surface area contributed by atoms with Crippen LogP contribution in [-0.2, 0) is 6.42 Å². The number of carbonyl (C=O) groups is 1. The number of alkyl halides is 2. The van der Waals surface area contributed by atoms with Crippen molar-refractivity contribution in [3.05, 3.63) is 53.7 Å². The van der Waals surface area contributed by atoms with Crippen LogP contribution >= 0.6 is 0 Å². The minimum absolute atomic E-state index is 0.0903. The van der Waals surface area contributed by atoms with Crippen molar-refractivity contribution in [3.8, 4) is 22.8 Å². The predicted molar refractivity (Wildman–Crippen MR) is 110 cm³/mol. The van der Waals surface area contributed by atoms with Gasteiger partial charge in [-0.2, -0.15) is 0 Å². The number of benzene rings is 1. The topological polar surface area (TPSA) is 88.3 Å². The first-order chi connectivity index (χ1) is 15.2. The minimum atomic E-state index is -0.480. The second kappa shape index (κ2) is 8.37. The summed E-state index contributed by atoms with van der Waals surface area (Å²) in [4.78, 5) is 20.8. The first kappa shape index (κ1) is 20.1. The number of para-hydroxylation sites is 1. The molecule has 2 aromatic heterocycles. The van der Waals surface area contributed by atoms with Crippen LogP contribution in [-0.4, -0.2) is 38.1 Å². The molecular formula is C22H21FIN4O3-. The third-order valence-corrected chi connectivity index (χ3v) is 8.49. The van der Waals surface area contributed by atoms with Gasteiger partial charge in [-0.15, -0.1) is 0 Å². The van der Waals surface area contributed by atoms with Crippen molar-refractivity contribution >= 4 is 17.3 Å². The molecule has 1 atom stereocenters. The van der Waals surface area contributed by atoms with Crippen molar-refractivity contribution in [2.45, 2.75) is 16.9 Å². The van der Waals surface area contributed by atoms with E-state index >= 15 is 0 Å². The number of carbonyl (C=O) groups excluding carboxylic acids is 1. The summed E-state index contributed by atoms with van der Waals surface area (Å²) in [5.41, 5.74) is 3.94. The number of fused-ring (bicyclic) bond motifs is 4. The Hall–Kier alpha value is -2.82. The standard InChI is InChI=1S/C22H21FIN4O3/c1-30-21-13(23)4-2-5-14(21)26-20-18-15-10-17(28-22(18)29)24-7-3-9-31-16-11-25-8-6-12(16)19(20)27-15/h2,4-6,8,11,17,26-27H,3,7,9-10H2,1H3,(H,28,29)/q-1/t17-/m0/s1. The van der Waals surface area contributed by atoms with Crippen molar-refractivity contribution in [2.75, 3.05) is 23.5 Å². The van der Waals surface area contributed by atoms with Crippen LogP contribution in [0.4, 0.5) is 15.8 Å². The average molecular weight is 535 g/mol. The molecule has 0 spiro atoms. The van der Waals surface area contributed by atoms with Gasteiger partial charge in [-0.05, 0) is 0 Å². The number of hydrogen-bond acceptors (Lipinski definition) is 5. The Balaban J connectivity index is 1.71. The summed E-state index contributed by atoms with van der Waals surface area (Å²) in [5, 5.41) is 6.43. The second-order valence-corrected chi connectivity index (χ2v) is 10.7. The van der Waals surface area contributed by atoms with E-state index in [1.807, 2.05) is 6.07 Å². The van der Waals surface area contributed by atoms with E-state index in [-0.39, 0.29) is 36.9 Å². The maximum atomic E-state index is 14.3. The molecule has 0 saturated heterocycles.